The van der Waals surface area contributed by atoms with E-state index in [-0.39, 0.29) is 11.9 Å². The second-order valence-corrected chi connectivity index (χ2v) is 6.25. The molecular formula is C16H14BrClFNO. The van der Waals surface area contributed by atoms with E-state index in [9.17, 15) is 4.39 Å². The normalized spacial score (nSPS) is 17.0. The lowest BCUT2D eigenvalue weighted by Crippen LogP contribution is -2.19. The first-order valence-electron chi connectivity index (χ1n) is 6.67. The van der Waals surface area contributed by atoms with Gasteiger partial charge in [-0.3, -0.25) is 0 Å². The predicted octanol–water partition coefficient (Wildman–Crippen LogP) is 5.35. The van der Waals surface area contributed by atoms with Gasteiger partial charge in [0, 0.05) is 4.47 Å². The number of halogens is 3. The summed E-state index contributed by atoms with van der Waals surface area (Å²) in [5, 5.41) is 4.14. The molecule has 1 aliphatic rings. The van der Waals surface area contributed by atoms with Gasteiger partial charge in [-0.05, 0) is 58.1 Å². The second-order valence-electron chi connectivity index (χ2n) is 5.02. The Hall–Kier alpha value is -1.26. The van der Waals surface area contributed by atoms with Crippen molar-refractivity contribution in [3.8, 4) is 5.75 Å². The first-order valence-corrected chi connectivity index (χ1v) is 7.84. The van der Waals surface area contributed by atoms with E-state index < -0.39 is 0 Å². The molecule has 3 rings (SSSR count). The summed E-state index contributed by atoms with van der Waals surface area (Å²) in [5.41, 5.74) is 2.86. The summed E-state index contributed by atoms with van der Waals surface area (Å²) in [6, 6.07) is 8.58. The fourth-order valence-corrected chi connectivity index (χ4v) is 3.41. The third-order valence-corrected chi connectivity index (χ3v) is 5.04. The minimum Gasteiger partial charge on any atom is -0.495 e. The van der Waals surface area contributed by atoms with Gasteiger partial charge < -0.3 is 10.1 Å². The SMILES string of the molecule is COc1cc(Br)c(Cl)c2c1NC(c1cccc(F)c1)CC2. The van der Waals surface area contributed by atoms with Crippen molar-refractivity contribution >= 4 is 33.2 Å². The molecule has 0 bridgehead atoms. The minimum absolute atomic E-state index is 0.0549. The Labute approximate surface area is 136 Å². The average Bonchev–Trinajstić information content (AvgIpc) is 2.50. The van der Waals surface area contributed by atoms with E-state index in [1.54, 1.807) is 19.2 Å². The van der Waals surface area contributed by atoms with Crippen molar-refractivity contribution in [3.05, 3.63) is 56.8 Å². The number of benzene rings is 2. The summed E-state index contributed by atoms with van der Waals surface area (Å²) >= 11 is 9.80. The fraction of sp³-hybridized carbons (Fsp3) is 0.250. The first kappa shape index (κ1) is 14.7. The van der Waals surface area contributed by atoms with Gasteiger partial charge in [-0.1, -0.05) is 23.7 Å². The van der Waals surface area contributed by atoms with Crippen LogP contribution in [-0.4, -0.2) is 7.11 Å². The van der Waals surface area contributed by atoms with Gasteiger partial charge in [0.2, 0.25) is 0 Å². The van der Waals surface area contributed by atoms with Gasteiger partial charge in [0.05, 0.1) is 23.9 Å². The van der Waals surface area contributed by atoms with E-state index in [1.807, 2.05) is 12.1 Å². The van der Waals surface area contributed by atoms with Crippen LogP contribution in [-0.2, 0) is 6.42 Å². The Morgan fingerprint density at radius 3 is 2.90 bits per heavy atom. The average molecular weight is 371 g/mol. The number of anilines is 1. The summed E-state index contributed by atoms with van der Waals surface area (Å²) in [5.74, 6) is 0.517. The van der Waals surface area contributed by atoms with Gasteiger partial charge in [0.15, 0.2) is 0 Å². The zero-order valence-electron chi connectivity index (χ0n) is 11.4. The molecule has 1 heterocycles. The second kappa shape index (κ2) is 5.85. The van der Waals surface area contributed by atoms with Crippen LogP contribution in [0, 0.1) is 5.82 Å². The number of hydrogen-bond acceptors (Lipinski definition) is 2. The van der Waals surface area contributed by atoms with Crippen LogP contribution >= 0.6 is 27.5 Å². The van der Waals surface area contributed by atoms with Crippen molar-refractivity contribution in [2.24, 2.45) is 0 Å². The molecule has 2 nitrogen and oxygen atoms in total. The van der Waals surface area contributed by atoms with Crippen molar-refractivity contribution in [1.82, 2.24) is 0 Å². The Kier molecular flexibility index (Phi) is 4.09. The quantitative estimate of drug-likeness (QED) is 0.769. The lowest BCUT2D eigenvalue weighted by molar-refractivity contribution is 0.414. The monoisotopic (exact) mass is 369 g/mol. The highest BCUT2D eigenvalue weighted by Crippen LogP contribution is 2.45. The Morgan fingerprint density at radius 2 is 2.19 bits per heavy atom. The molecule has 1 N–H and O–H groups in total. The van der Waals surface area contributed by atoms with Crippen molar-refractivity contribution in [1.29, 1.82) is 0 Å². The number of nitrogens with one attached hydrogen (secondary N) is 1. The molecular weight excluding hydrogens is 357 g/mol. The molecule has 2 aromatic rings. The lowest BCUT2D eigenvalue weighted by Gasteiger charge is -2.29. The van der Waals surface area contributed by atoms with E-state index in [0.29, 0.717) is 5.02 Å². The van der Waals surface area contributed by atoms with E-state index in [2.05, 4.69) is 21.2 Å². The molecule has 1 atom stereocenters. The van der Waals surface area contributed by atoms with E-state index in [0.717, 1.165) is 39.9 Å². The highest BCUT2D eigenvalue weighted by Gasteiger charge is 2.25. The van der Waals surface area contributed by atoms with Crippen LogP contribution < -0.4 is 10.1 Å². The molecule has 2 aromatic carbocycles. The molecule has 0 aliphatic carbocycles. The first-order chi connectivity index (χ1) is 10.1. The third kappa shape index (κ3) is 2.74. The molecule has 1 aliphatic heterocycles. The molecule has 0 saturated carbocycles. The molecule has 1 unspecified atom stereocenters. The maximum absolute atomic E-state index is 13.4. The highest BCUT2D eigenvalue weighted by molar-refractivity contribution is 9.10. The van der Waals surface area contributed by atoms with Gasteiger partial charge in [-0.15, -0.1) is 0 Å². The number of rotatable bonds is 2. The smallest absolute Gasteiger partial charge is 0.143 e. The lowest BCUT2D eigenvalue weighted by atomic mass is 9.93. The maximum Gasteiger partial charge on any atom is 0.143 e. The number of methoxy groups -OCH3 is 1. The fourth-order valence-electron chi connectivity index (χ4n) is 2.72. The zero-order valence-corrected chi connectivity index (χ0v) is 13.8. The van der Waals surface area contributed by atoms with Crippen LogP contribution in [0.5, 0.6) is 5.75 Å². The van der Waals surface area contributed by atoms with Crippen molar-refractivity contribution in [3.63, 3.8) is 0 Å². The number of hydrogen-bond donors (Lipinski definition) is 1. The van der Waals surface area contributed by atoms with Crippen LogP contribution in [0.3, 0.4) is 0 Å². The van der Waals surface area contributed by atoms with E-state index in [4.69, 9.17) is 16.3 Å². The van der Waals surface area contributed by atoms with Crippen LogP contribution in [0.4, 0.5) is 10.1 Å². The van der Waals surface area contributed by atoms with E-state index >= 15 is 0 Å². The predicted molar refractivity (Wildman–Crippen MR) is 86.8 cm³/mol. The topological polar surface area (TPSA) is 21.3 Å². The third-order valence-electron chi connectivity index (χ3n) is 3.75. The Morgan fingerprint density at radius 1 is 1.38 bits per heavy atom. The van der Waals surface area contributed by atoms with Crippen molar-refractivity contribution in [2.45, 2.75) is 18.9 Å². The van der Waals surface area contributed by atoms with Crippen LogP contribution in [0.25, 0.3) is 0 Å². The molecule has 0 aromatic heterocycles. The molecule has 0 radical (unpaired) electrons. The largest absolute Gasteiger partial charge is 0.495 e. The van der Waals surface area contributed by atoms with Gasteiger partial charge in [-0.25, -0.2) is 4.39 Å². The maximum atomic E-state index is 13.4. The van der Waals surface area contributed by atoms with Crippen molar-refractivity contribution < 1.29 is 9.13 Å². The number of fused-ring (bicyclic) bond motifs is 1. The summed E-state index contributed by atoms with van der Waals surface area (Å²) in [7, 11) is 1.63. The minimum atomic E-state index is -0.221. The molecule has 0 fully saturated rings. The summed E-state index contributed by atoms with van der Waals surface area (Å²) in [4.78, 5) is 0. The van der Waals surface area contributed by atoms with Gasteiger partial charge in [0.1, 0.15) is 11.6 Å². The van der Waals surface area contributed by atoms with Gasteiger partial charge in [-0.2, -0.15) is 0 Å². The van der Waals surface area contributed by atoms with E-state index in [1.165, 1.54) is 6.07 Å². The van der Waals surface area contributed by atoms with Gasteiger partial charge in [0.25, 0.3) is 0 Å². The molecule has 21 heavy (non-hydrogen) atoms. The molecule has 0 spiro atoms. The van der Waals surface area contributed by atoms with Crippen molar-refractivity contribution in [2.75, 3.05) is 12.4 Å². The Bertz CT molecular complexity index is 692. The van der Waals surface area contributed by atoms with Crippen LogP contribution in [0.2, 0.25) is 5.02 Å². The Balaban J connectivity index is 2.00. The molecule has 0 saturated heterocycles. The standard InChI is InChI=1S/C16H14BrClFNO/c1-21-14-8-12(17)15(18)11-5-6-13(20-16(11)14)9-3-2-4-10(19)7-9/h2-4,7-8,13,20H,5-6H2,1H3. The van der Waals surface area contributed by atoms with Gasteiger partial charge >= 0.3 is 0 Å². The summed E-state index contributed by atoms with van der Waals surface area (Å²) in [6.07, 6.45) is 1.67. The molecule has 5 heteroatoms. The summed E-state index contributed by atoms with van der Waals surface area (Å²) < 4.78 is 19.7. The summed E-state index contributed by atoms with van der Waals surface area (Å²) in [6.45, 7) is 0. The zero-order chi connectivity index (χ0) is 15.0. The highest BCUT2D eigenvalue weighted by atomic mass is 79.9. The van der Waals surface area contributed by atoms with Crippen LogP contribution in [0.15, 0.2) is 34.8 Å². The molecule has 110 valence electrons. The molecule has 0 amide bonds. The number of ether oxygens (including phenoxy) is 1. The van der Waals surface area contributed by atoms with Crippen LogP contribution in [0.1, 0.15) is 23.6 Å².